The first kappa shape index (κ1) is 22.8. The van der Waals surface area contributed by atoms with E-state index in [9.17, 15) is 9.18 Å². The van der Waals surface area contributed by atoms with Crippen LogP contribution in [0, 0.1) is 5.92 Å². The predicted molar refractivity (Wildman–Crippen MR) is 114 cm³/mol. The Morgan fingerprint density at radius 3 is 2.75 bits per heavy atom. The summed E-state index contributed by atoms with van der Waals surface area (Å²) in [6.07, 6.45) is -0.963. The zero-order chi connectivity index (χ0) is 22.2. The van der Waals surface area contributed by atoms with Crippen LogP contribution in [0.2, 0.25) is 0 Å². The van der Waals surface area contributed by atoms with Crippen molar-refractivity contribution in [3.63, 3.8) is 0 Å². The maximum absolute atomic E-state index is 13.7. The minimum atomic E-state index is -0.964. The maximum Gasteiger partial charge on any atom is 0.230 e. The number of amides is 1. The van der Waals surface area contributed by atoms with Crippen molar-refractivity contribution in [1.82, 2.24) is 36.6 Å². The van der Waals surface area contributed by atoms with E-state index >= 15 is 0 Å². The summed E-state index contributed by atoms with van der Waals surface area (Å²) in [5.41, 5.74) is 16.9. The van der Waals surface area contributed by atoms with Gasteiger partial charge in [-0.3, -0.25) is 19.9 Å². The summed E-state index contributed by atoms with van der Waals surface area (Å²) in [7, 11) is 0. The number of rotatable bonds is 4. The van der Waals surface area contributed by atoms with Crippen LogP contribution in [0.25, 0.3) is 5.43 Å². The number of hydrogen-bond donors (Lipinski definition) is 7. The monoisotopic (exact) mass is 456 g/mol. The summed E-state index contributed by atoms with van der Waals surface area (Å²) in [6.45, 7) is 7.79. The Morgan fingerprint density at radius 1 is 1.22 bits per heavy atom. The molecule has 9 unspecified atom stereocenters. The Labute approximate surface area is 188 Å². The molecule has 5 heterocycles. The second kappa shape index (κ2) is 9.70. The summed E-state index contributed by atoms with van der Waals surface area (Å²) < 4.78 is 19.6. The van der Waals surface area contributed by atoms with Gasteiger partial charge in [0, 0.05) is 45.3 Å². The van der Waals surface area contributed by atoms with Gasteiger partial charge < -0.3 is 31.5 Å². The van der Waals surface area contributed by atoms with E-state index in [1.54, 1.807) is 0 Å². The Kier molecular flexibility index (Phi) is 6.90. The number of nitrogens with one attached hydrogen (secondary N) is 6. The first-order valence-electron chi connectivity index (χ1n) is 11.8. The van der Waals surface area contributed by atoms with Gasteiger partial charge in [0.05, 0.1) is 6.04 Å². The van der Waals surface area contributed by atoms with Gasteiger partial charge in [0.15, 0.2) is 12.5 Å². The van der Waals surface area contributed by atoms with Crippen molar-refractivity contribution in [2.24, 2.45) is 11.7 Å². The molecule has 182 valence electrons. The fourth-order valence-corrected chi connectivity index (χ4v) is 5.68. The van der Waals surface area contributed by atoms with Gasteiger partial charge in [-0.15, -0.1) is 0 Å². The molecule has 32 heavy (non-hydrogen) atoms. The molecule has 12 nitrogen and oxygen atoms in total. The van der Waals surface area contributed by atoms with E-state index in [-0.39, 0.29) is 49.8 Å². The fraction of sp³-hybridized carbons (Fsp3) is 0.947. The van der Waals surface area contributed by atoms with Gasteiger partial charge in [0.25, 0.3) is 0 Å². The van der Waals surface area contributed by atoms with E-state index in [2.05, 4.69) is 42.0 Å². The lowest BCUT2D eigenvalue weighted by atomic mass is 9.95. The van der Waals surface area contributed by atoms with E-state index in [4.69, 9.17) is 10.5 Å². The van der Waals surface area contributed by atoms with E-state index in [0.29, 0.717) is 5.01 Å². The highest BCUT2D eigenvalue weighted by Gasteiger charge is 2.46. The number of quaternary nitrogens is 1. The molecular formula is C19H37FN10O2. The van der Waals surface area contributed by atoms with Crippen molar-refractivity contribution in [2.45, 2.75) is 56.5 Å². The second-order valence-electron chi connectivity index (χ2n) is 9.49. The number of halogens is 1. The zero-order valence-corrected chi connectivity index (χ0v) is 18.6. The van der Waals surface area contributed by atoms with Crippen molar-refractivity contribution in [2.75, 3.05) is 52.4 Å². The molecule has 0 bridgehead atoms. The van der Waals surface area contributed by atoms with E-state index < -0.39 is 18.3 Å². The number of hydrogen-bond acceptors (Lipinski definition) is 9. The van der Waals surface area contributed by atoms with Crippen LogP contribution in [0.3, 0.4) is 0 Å². The maximum atomic E-state index is 13.7. The van der Waals surface area contributed by atoms with E-state index in [1.807, 2.05) is 6.92 Å². The van der Waals surface area contributed by atoms with Crippen molar-refractivity contribution in [1.29, 1.82) is 0 Å². The molecule has 0 aromatic heterocycles. The SMILES string of the molecule is CC1NNC(N2CCN(C3CCNCC3NC(=O)C3C(N)[N-][NH+]4CC(F)CNC34)CC2)O1. The Hall–Kier alpha value is -1.00. The van der Waals surface area contributed by atoms with Gasteiger partial charge in [-0.1, -0.05) is 0 Å². The number of ether oxygens (including phenoxy) is 1. The second-order valence-corrected chi connectivity index (χ2v) is 9.49. The number of alkyl halides is 1. The third-order valence-electron chi connectivity index (χ3n) is 7.36. The van der Waals surface area contributed by atoms with Crippen LogP contribution in [0.4, 0.5) is 4.39 Å². The fourth-order valence-electron chi connectivity index (χ4n) is 5.68. The average molecular weight is 457 g/mol. The van der Waals surface area contributed by atoms with Gasteiger partial charge >= 0.3 is 0 Å². The Bertz CT molecular complexity index is 668. The summed E-state index contributed by atoms with van der Waals surface area (Å²) >= 11 is 0. The number of carbonyl (C=O) groups is 1. The van der Waals surface area contributed by atoms with Gasteiger partial charge in [-0.2, -0.15) is 0 Å². The van der Waals surface area contributed by atoms with Crippen LogP contribution in [0.5, 0.6) is 0 Å². The first-order valence-corrected chi connectivity index (χ1v) is 11.8. The Balaban J connectivity index is 1.18. The third-order valence-corrected chi connectivity index (χ3v) is 7.36. The van der Waals surface area contributed by atoms with Crippen LogP contribution in [0.15, 0.2) is 0 Å². The molecule has 0 radical (unpaired) electrons. The number of nitrogens with two attached hydrogens (primary N) is 1. The molecule has 13 heteroatoms. The minimum absolute atomic E-state index is 0.000825. The molecule has 8 N–H and O–H groups in total. The number of hydrazine groups is 1. The molecular weight excluding hydrogens is 419 g/mol. The van der Waals surface area contributed by atoms with Gasteiger partial charge in [0.1, 0.15) is 24.9 Å². The van der Waals surface area contributed by atoms with Gasteiger partial charge in [0.2, 0.25) is 5.91 Å². The number of carbonyl (C=O) groups excluding carboxylic acids is 1. The zero-order valence-electron chi connectivity index (χ0n) is 18.6. The smallest absolute Gasteiger partial charge is 0.230 e. The molecule has 5 aliphatic heterocycles. The molecule has 5 fully saturated rings. The lowest BCUT2D eigenvalue weighted by molar-refractivity contribution is -0.891. The minimum Gasteiger partial charge on any atom is -0.436 e. The third kappa shape index (κ3) is 4.64. The summed E-state index contributed by atoms with van der Waals surface area (Å²) in [5, 5.41) is 10.5. The number of piperidine rings is 1. The van der Waals surface area contributed by atoms with Crippen LogP contribution >= 0.6 is 0 Å². The first-order chi connectivity index (χ1) is 15.5. The largest absolute Gasteiger partial charge is 0.436 e. The molecule has 0 aromatic carbocycles. The normalized spacial score (nSPS) is 46.2. The average Bonchev–Trinajstić information content (AvgIpc) is 3.36. The molecule has 0 saturated carbocycles. The molecule has 0 aromatic rings. The number of piperazine rings is 1. The molecule has 1 amide bonds. The summed E-state index contributed by atoms with van der Waals surface area (Å²) in [4.78, 5) is 18.0. The Morgan fingerprint density at radius 2 is 2.00 bits per heavy atom. The molecule has 5 aliphatic rings. The number of fused-ring (bicyclic) bond motifs is 1. The quantitative estimate of drug-likeness (QED) is 0.223. The standard InChI is InChI=1S/C19H37FN10O2/c1-11-25-26-19(32-11)29-6-4-28(5-7-29)14-2-3-22-9-13(14)24-18(31)15-16(21)27-30-10-12(20)8-23-17(15)30/h11-17,19,22-23,25-26,30H,2-10,21H2,1H3,(H,24,31). The highest BCUT2D eigenvalue weighted by molar-refractivity contribution is 5.81. The highest BCUT2D eigenvalue weighted by atomic mass is 19.1. The lowest BCUT2D eigenvalue weighted by Gasteiger charge is -2.45. The van der Waals surface area contributed by atoms with Crippen molar-refractivity contribution < 1.29 is 18.9 Å². The lowest BCUT2D eigenvalue weighted by Crippen LogP contribution is -3.15. The molecule has 0 spiro atoms. The molecule has 9 atom stereocenters. The summed E-state index contributed by atoms with van der Waals surface area (Å²) in [6, 6.07) is 0.267. The van der Waals surface area contributed by atoms with E-state index in [0.717, 1.165) is 45.7 Å². The summed E-state index contributed by atoms with van der Waals surface area (Å²) in [5.74, 6) is -0.580. The van der Waals surface area contributed by atoms with E-state index in [1.165, 1.54) is 0 Å². The topological polar surface area (TPSA) is 137 Å². The van der Waals surface area contributed by atoms with Crippen LogP contribution in [-0.4, -0.2) is 111 Å². The highest BCUT2D eigenvalue weighted by Crippen LogP contribution is 2.20. The molecule has 0 aliphatic carbocycles. The van der Waals surface area contributed by atoms with Crippen LogP contribution in [-0.2, 0) is 9.53 Å². The van der Waals surface area contributed by atoms with Gasteiger partial charge in [-0.05, 0) is 26.1 Å². The van der Waals surface area contributed by atoms with Gasteiger partial charge in [-0.25, -0.2) is 15.2 Å². The van der Waals surface area contributed by atoms with Crippen LogP contribution in [0.1, 0.15) is 13.3 Å². The number of nitrogens with zero attached hydrogens (tertiary/aromatic N) is 3. The van der Waals surface area contributed by atoms with Crippen LogP contribution < -0.4 is 37.5 Å². The van der Waals surface area contributed by atoms with Crippen molar-refractivity contribution in [3.8, 4) is 0 Å². The predicted octanol–water partition coefficient (Wildman–Crippen LogP) is -4.44. The molecule has 5 saturated heterocycles. The molecule has 5 rings (SSSR count). The van der Waals surface area contributed by atoms with Crippen molar-refractivity contribution in [3.05, 3.63) is 5.43 Å². The van der Waals surface area contributed by atoms with Crippen molar-refractivity contribution >= 4 is 5.91 Å².